The molecule has 1 aliphatic heterocycles. The molecule has 6 rings (SSSR count). The summed E-state index contributed by atoms with van der Waals surface area (Å²) in [6.45, 7) is 6.97. The Bertz CT molecular complexity index is 1320. The number of fused-ring (bicyclic) bond motifs is 3. The van der Waals surface area contributed by atoms with Gasteiger partial charge in [-0.1, -0.05) is 19.9 Å². The Morgan fingerprint density at radius 2 is 1.83 bits per heavy atom. The van der Waals surface area contributed by atoms with Gasteiger partial charge in [0.05, 0.1) is 17.2 Å². The second-order valence-electron chi connectivity index (χ2n) is 10.0. The molecule has 0 atom stereocenters. The lowest BCUT2D eigenvalue weighted by Gasteiger charge is -2.34. The first-order chi connectivity index (χ1) is 14.4. The maximum atomic E-state index is 6.56. The number of nitrogens with zero attached hydrogens (tertiary/aromatic N) is 1. The third-order valence-electron chi connectivity index (χ3n) is 7.47. The van der Waals surface area contributed by atoms with E-state index in [9.17, 15) is 0 Å². The van der Waals surface area contributed by atoms with Gasteiger partial charge in [0.1, 0.15) is 24.1 Å². The van der Waals surface area contributed by atoms with Crippen LogP contribution in [-0.4, -0.2) is 0 Å². The van der Waals surface area contributed by atoms with Gasteiger partial charge in [0.15, 0.2) is 6.20 Å². The third-order valence-corrected chi connectivity index (χ3v) is 7.47. The first-order valence-corrected chi connectivity index (χ1v) is 11.1. The zero-order valence-corrected chi connectivity index (χ0v) is 18.2. The fourth-order valence-electron chi connectivity index (χ4n) is 5.58. The Balaban J connectivity index is 1.57. The third kappa shape index (κ3) is 2.54. The largest absolute Gasteiger partial charge is 0.464 e. The van der Waals surface area contributed by atoms with E-state index in [-0.39, 0.29) is 0 Å². The average Bonchev–Trinajstić information content (AvgIpc) is 3.18. The van der Waals surface area contributed by atoms with Crippen LogP contribution in [0.15, 0.2) is 47.2 Å². The summed E-state index contributed by atoms with van der Waals surface area (Å²) in [7, 11) is 2.13. The van der Waals surface area contributed by atoms with Crippen LogP contribution in [0.4, 0.5) is 0 Å². The van der Waals surface area contributed by atoms with Crippen LogP contribution in [0.5, 0.6) is 11.5 Å². The van der Waals surface area contributed by atoms with E-state index in [2.05, 4.69) is 62.8 Å². The topological polar surface area (TPSA) is 26.2 Å². The molecule has 1 saturated carbocycles. The molecule has 3 heteroatoms. The molecule has 1 aliphatic carbocycles. The lowest BCUT2D eigenvalue weighted by atomic mass is 9.71. The number of aryl methyl sites for hydroxylation is 2. The fraction of sp³-hybridized carbons (Fsp3) is 0.370. The molecule has 3 nitrogen and oxygen atoms in total. The minimum atomic E-state index is 0.476. The second-order valence-corrected chi connectivity index (χ2v) is 10.0. The van der Waals surface area contributed by atoms with Crippen LogP contribution in [0.3, 0.4) is 0 Å². The van der Waals surface area contributed by atoms with E-state index in [0.29, 0.717) is 11.3 Å². The van der Waals surface area contributed by atoms with Gasteiger partial charge in [-0.05, 0) is 72.6 Å². The number of hydrogen-bond donors (Lipinski definition) is 0. The molecule has 0 bridgehead atoms. The van der Waals surface area contributed by atoms with Crippen molar-refractivity contribution in [1.82, 2.24) is 0 Å². The summed E-state index contributed by atoms with van der Waals surface area (Å²) < 4.78 is 14.5. The molecular formula is C27H28NO2+. The van der Waals surface area contributed by atoms with Crippen molar-refractivity contribution in [2.24, 2.45) is 12.5 Å². The molecule has 0 saturated heterocycles. The van der Waals surface area contributed by atoms with E-state index in [4.69, 9.17) is 9.15 Å². The van der Waals surface area contributed by atoms with Crippen molar-refractivity contribution in [3.05, 3.63) is 53.9 Å². The lowest BCUT2D eigenvalue weighted by molar-refractivity contribution is -0.659. The van der Waals surface area contributed by atoms with E-state index in [0.717, 1.165) is 22.5 Å². The van der Waals surface area contributed by atoms with Crippen molar-refractivity contribution < 1.29 is 13.7 Å². The van der Waals surface area contributed by atoms with Gasteiger partial charge in [0, 0.05) is 17.5 Å². The number of aromatic nitrogens is 1. The molecule has 0 amide bonds. The molecule has 0 radical (unpaired) electrons. The normalized spacial score (nSPS) is 17.9. The maximum Gasteiger partial charge on any atom is 0.228 e. The zero-order chi connectivity index (χ0) is 20.6. The highest BCUT2D eigenvalue weighted by Crippen LogP contribution is 2.50. The van der Waals surface area contributed by atoms with Gasteiger partial charge in [0.2, 0.25) is 5.69 Å². The molecule has 1 fully saturated rings. The quantitative estimate of drug-likeness (QED) is 0.280. The summed E-state index contributed by atoms with van der Waals surface area (Å²) >= 11 is 0. The van der Waals surface area contributed by atoms with Crippen LogP contribution in [-0.2, 0) is 7.05 Å². The van der Waals surface area contributed by atoms with Crippen LogP contribution in [0.2, 0.25) is 0 Å². The van der Waals surface area contributed by atoms with E-state index >= 15 is 0 Å². The van der Waals surface area contributed by atoms with Gasteiger partial charge in [-0.3, -0.25) is 0 Å². The number of rotatable bonds is 1. The van der Waals surface area contributed by atoms with Crippen LogP contribution >= 0.6 is 0 Å². The van der Waals surface area contributed by atoms with Crippen LogP contribution < -0.4 is 9.30 Å². The smallest absolute Gasteiger partial charge is 0.228 e. The number of ether oxygens (including phenoxy) is 1. The van der Waals surface area contributed by atoms with Crippen molar-refractivity contribution in [2.45, 2.75) is 52.4 Å². The molecule has 30 heavy (non-hydrogen) atoms. The Morgan fingerprint density at radius 3 is 2.63 bits per heavy atom. The van der Waals surface area contributed by atoms with E-state index in [1.165, 1.54) is 58.8 Å². The van der Waals surface area contributed by atoms with Crippen LogP contribution in [0, 0.1) is 12.3 Å². The average molecular weight is 399 g/mol. The van der Waals surface area contributed by atoms with Gasteiger partial charge in [0.25, 0.3) is 0 Å². The Hall–Kier alpha value is -2.81. The molecular weight excluding hydrogens is 370 g/mol. The van der Waals surface area contributed by atoms with Crippen molar-refractivity contribution in [3.8, 4) is 22.8 Å². The highest BCUT2D eigenvalue weighted by atomic mass is 16.5. The molecule has 152 valence electrons. The number of pyridine rings is 1. The predicted octanol–water partition coefficient (Wildman–Crippen LogP) is 7.18. The summed E-state index contributed by atoms with van der Waals surface area (Å²) in [5, 5.41) is 3.65. The van der Waals surface area contributed by atoms with Crippen molar-refractivity contribution in [3.63, 3.8) is 0 Å². The highest BCUT2D eigenvalue weighted by Gasteiger charge is 2.33. The van der Waals surface area contributed by atoms with Gasteiger partial charge in [-0.15, -0.1) is 0 Å². The minimum Gasteiger partial charge on any atom is -0.464 e. The number of furan rings is 1. The van der Waals surface area contributed by atoms with Crippen LogP contribution in [0.1, 0.15) is 56.6 Å². The predicted molar refractivity (Wildman–Crippen MR) is 120 cm³/mol. The first-order valence-electron chi connectivity index (χ1n) is 11.1. The van der Waals surface area contributed by atoms with Crippen molar-refractivity contribution >= 4 is 21.7 Å². The van der Waals surface area contributed by atoms with E-state index < -0.39 is 0 Å². The SMILES string of the molecule is Cc1c2c(cc3occc13)Oc1cc(C3CCC(C)(C)CC3)cc3cc[n+](C)c-2c13. The fourth-order valence-corrected chi connectivity index (χ4v) is 5.58. The lowest BCUT2D eigenvalue weighted by Crippen LogP contribution is -2.31. The summed E-state index contributed by atoms with van der Waals surface area (Å²) in [5.41, 5.74) is 6.41. The molecule has 2 aromatic carbocycles. The maximum absolute atomic E-state index is 6.56. The minimum absolute atomic E-state index is 0.476. The Morgan fingerprint density at radius 1 is 1.03 bits per heavy atom. The Kier molecular flexibility index (Phi) is 3.66. The second kappa shape index (κ2) is 6.10. The molecule has 0 unspecified atom stereocenters. The van der Waals surface area contributed by atoms with Gasteiger partial charge >= 0.3 is 0 Å². The monoisotopic (exact) mass is 398 g/mol. The van der Waals surface area contributed by atoms with E-state index in [1.54, 1.807) is 6.26 Å². The highest BCUT2D eigenvalue weighted by molar-refractivity contribution is 6.04. The standard InChI is InChI=1S/C27H28NO2/c1-16-20-8-12-29-21(20)15-23-24(16)26-25-18(7-11-28(26)4)13-19(14-22(25)30-23)17-5-9-27(2,3)10-6-17/h7-8,11-15,17H,5-6,9-10H2,1-4H3/q+1. The van der Waals surface area contributed by atoms with Gasteiger partial charge in [-0.25, -0.2) is 4.57 Å². The van der Waals surface area contributed by atoms with Gasteiger partial charge in [-0.2, -0.15) is 0 Å². The van der Waals surface area contributed by atoms with E-state index in [1.807, 2.05) is 6.07 Å². The van der Waals surface area contributed by atoms with Crippen LogP contribution in [0.25, 0.3) is 33.0 Å². The molecule has 4 aromatic rings. The van der Waals surface area contributed by atoms with Crippen molar-refractivity contribution in [2.75, 3.05) is 0 Å². The summed E-state index contributed by atoms with van der Waals surface area (Å²) in [6.07, 6.45) is 9.05. The Labute approximate surface area is 177 Å². The molecule has 0 N–H and O–H groups in total. The molecule has 2 aromatic heterocycles. The first kappa shape index (κ1) is 18.0. The summed E-state index contributed by atoms with van der Waals surface area (Å²) in [4.78, 5) is 0. The number of benzene rings is 2. The molecule has 3 heterocycles. The van der Waals surface area contributed by atoms with Gasteiger partial charge < -0.3 is 9.15 Å². The summed E-state index contributed by atoms with van der Waals surface area (Å²) in [6, 6.07) is 11.0. The summed E-state index contributed by atoms with van der Waals surface area (Å²) in [5.74, 6) is 2.50. The van der Waals surface area contributed by atoms with Crippen molar-refractivity contribution in [1.29, 1.82) is 0 Å². The molecule has 0 spiro atoms. The zero-order valence-electron chi connectivity index (χ0n) is 18.2. The number of hydrogen-bond acceptors (Lipinski definition) is 2. The molecule has 2 aliphatic rings.